The largest absolute Gasteiger partial charge is 0.355 e. The van der Waals surface area contributed by atoms with Gasteiger partial charge in [-0.25, -0.2) is 0 Å². The van der Waals surface area contributed by atoms with Gasteiger partial charge in [0, 0.05) is 21.6 Å². The zero-order chi connectivity index (χ0) is 15.3. The average Bonchev–Trinajstić information content (AvgIpc) is 2.67. The molecule has 0 aromatic heterocycles. The SMILES string of the molecule is CCNC(=O)[C@@H](NC(=O)CN1C(=O)C=CC1=O)C(C)C.[HH].[HH]. The summed E-state index contributed by atoms with van der Waals surface area (Å²) in [5.74, 6) is -1.98. The molecule has 1 rings (SSSR count). The van der Waals surface area contributed by atoms with Gasteiger partial charge in [-0.1, -0.05) is 13.8 Å². The Morgan fingerprint density at radius 1 is 1.25 bits per heavy atom. The third kappa shape index (κ3) is 3.91. The number of likely N-dealkylation sites (N-methyl/N-ethyl adjacent to an activating group) is 1. The number of amides is 4. The lowest BCUT2D eigenvalue weighted by molar-refractivity contribution is -0.141. The van der Waals surface area contributed by atoms with Crippen molar-refractivity contribution < 1.29 is 22.0 Å². The highest BCUT2D eigenvalue weighted by molar-refractivity contribution is 6.14. The van der Waals surface area contributed by atoms with Crippen LogP contribution in [-0.2, 0) is 19.2 Å². The molecular weight excluding hydrogens is 262 g/mol. The first-order valence-electron chi connectivity index (χ1n) is 6.47. The normalized spacial score (nSPS) is 15.7. The highest BCUT2D eigenvalue weighted by atomic mass is 16.2. The van der Waals surface area contributed by atoms with E-state index >= 15 is 0 Å². The third-order valence-electron chi connectivity index (χ3n) is 2.82. The summed E-state index contributed by atoms with van der Waals surface area (Å²) in [6.45, 7) is 5.46. The Kier molecular flexibility index (Phi) is 5.42. The smallest absolute Gasteiger partial charge is 0.254 e. The fourth-order valence-corrected chi connectivity index (χ4v) is 1.77. The Morgan fingerprint density at radius 3 is 2.25 bits per heavy atom. The monoisotopic (exact) mass is 285 g/mol. The summed E-state index contributed by atoms with van der Waals surface area (Å²) >= 11 is 0. The molecule has 20 heavy (non-hydrogen) atoms. The van der Waals surface area contributed by atoms with Crippen molar-refractivity contribution in [3.05, 3.63) is 12.2 Å². The maximum absolute atomic E-state index is 11.8. The van der Waals surface area contributed by atoms with Crippen molar-refractivity contribution in [2.24, 2.45) is 5.92 Å². The summed E-state index contributed by atoms with van der Waals surface area (Å²) in [5.41, 5.74) is 0. The standard InChI is InChI=1S/C13H19N3O4.2H2/c1-4-14-13(20)12(8(2)3)15-9(17)7-16-10(18)5-6-11(16)19;;/h5-6,8,12H,4,7H2,1-3H3,(H,14,20)(H,15,17);2*1H/t12-;;/m0../s1. The predicted molar refractivity (Wildman–Crippen MR) is 75.5 cm³/mol. The van der Waals surface area contributed by atoms with Gasteiger partial charge in [0.2, 0.25) is 11.8 Å². The van der Waals surface area contributed by atoms with Gasteiger partial charge in [-0.2, -0.15) is 0 Å². The molecule has 7 nitrogen and oxygen atoms in total. The van der Waals surface area contributed by atoms with Gasteiger partial charge in [-0.05, 0) is 12.8 Å². The zero-order valence-corrected chi connectivity index (χ0v) is 11.8. The van der Waals surface area contributed by atoms with Crippen LogP contribution in [0.4, 0.5) is 0 Å². The number of imide groups is 1. The van der Waals surface area contributed by atoms with E-state index in [0.717, 1.165) is 17.1 Å². The van der Waals surface area contributed by atoms with E-state index < -0.39 is 23.8 Å². The van der Waals surface area contributed by atoms with Crippen LogP contribution in [0, 0.1) is 5.92 Å². The lowest BCUT2D eigenvalue weighted by Gasteiger charge is -2.22. The van der Waals surface area contributed by atoms with Crippen LogP contribution in [-0.4, -0.2) is 47.7 Å². The zero-order valence-electron chi connectivity index (χ0n) is 11.8. The lowest BCUT2D eigenvalue weighted by atomic mass is 10.0. The van der Waals surface area contributed by atoms with Gasteiger partial charge in [0.15, 0.2) is 0 Å². The molecule has 0 saturated carbocycles. The van der Waals surface area contributed by atoms with E-state index in [1.54, 1.807) is 20.8 Å². The van der Waals surface area contributed by atoms with E-state index in [4.69, 9.17) is 0 Å². The minimum absolute atomic E-state index is 0. The molecule has 1 aliphatic heterocycles. The summed E-state index contributed by atoms with van der Waals surface area (Å²) in [4.78, 5) is 47.1. The van der Waals surface area contributed by atoms with Gasteiger partial charge in [-0.15, -0.1) is 0 Å². The first-order chi connectivity index (χ1) is 9.36. The Morgan fingerprint density at radius 2 is 1.80 bits per heavy atom. The number of nitrogens with zero attached hydrogens (tertiary/aromatic N) is 1. The van der Waals surface area contributed by atoms with Crippen LogP contribution in [0.25, 0.3) is 0 Å². The first-order valence-corrected chi connectivity index (χ1v) is 6.47. The molecule has 1 atom stereocenters. The van der Waals surface area contributed by atoms with Gasteiger partial charge in [0.05, 0.1) is 0 Å². The quantitative estimate of drug-likeness (QED) is 0.654. The van der Waals surface area contributed by atoms with E-state index in [9.17, 15) is 19.2 Å². The lowest BCUT2D eigenvalue weighted by Crippen LogP contribution is -2.52. The molecule has 4 amide bonds. The predicted octanol–water partition coefficient (Wildman–Crippen LogP) is -0.320. The molecule has 114 valence electrons. The highest BCUT2D eigenvalue weighted by Gasteiger charge is 2.28. The summed E-state index contributed by atoms with van der Waals surface area (Å²) in [6.07, 6.45) is 2.22. The summed E-state index contributed by atoms with van der Waals surface area (Å²) in [5, 5.41) is 5.17. The maximum Gasteiger partial charge on any atom is 0.254 e. The van der Waals surface area contributed by atoms with Crippen LogP contribution >= 0.6 is 0 Å². The van der Waals surface area contributed by atoms with Crippen molar-refractivity contribution in [3.8, 4) is 0 Å². The molecular formula is C13H23N3O4. The minimum atomic E-state index is -0.691. The third-order valence-corrected chi connectivity index (χ3v) is 2.82. The maximum atomic E-state index is 11.8. The molecule has 0 aromatic rings. The topological polar surface area (TPSA) is 95.6 Å². The second-order valence-corrected chi connectivity index (χ2v) is 4.78. The number of rotatable bonds is 6. The van der Waals surface area contributed by atoms with Gasteiger partial charge >= 0.3 is 0 Å². The molecule has 0 bridgehead atoms. The van der Waals surface area contributed by atoms with Gasteiger partial charge < -0.3 is 10.6 Å². The molecule has 1 heterocycles. The van der Waals surface area contributed by atoms with Crippen molar-refractivity contribution in [2.45, 2.75) is 26.8 Å². The fraction of sp³-hybridized carbons (Fsp3) is 0.538. The van der Waals surface area contributed by atoms with Crippen LogP contribution in [0.15, 0.2) is 12.2 Å². The van der Waals surface area contributed by atoms with E-state index in [0.29, 0.717) is 6.54 Å². The van der Waals surface area contributed by atoms with Crippen molar-refractivity contribution in [1.29, 1.82) is 0 Å². The fourth-order valence-electron chi connectivity index (χ4n) is 1.77. The Balaban J connectivity index is 0. The second kappa shape index (κ2) is 6.83. The summed E-state index contributed by atoms with van der Waals surface area (Å²) in [7, 11) is 0. The Bertz CT molecular complexity index is 448. The Labute approximate surface area is 120 Å². The summed E-state index contributed by atoms with van der Waals surface area (Å²) < 4.78 is 0. The summed E-state index contributed by atoms with van der Waals surface area (Å²) in [6, 6.07) is -0.691. The number of carbonyl (C=O) groups excluding carboxylic acids is 4. The van der Waals surface area contributed by atoms with Crippen LogP contribution in [0.1, 0.15) is 23.6 Å². The van der Waals surface area contributed by atoms with Crippen molar-refractivity contribution >= 4 is 23.6 Å². The molecule has 0 saturated heterocycles. The molecule has 0 radical (unpaired) electrons. The van der Waals surface area contributed by atoms with E-state index in [1.165, 1.54) is 0 Å². The molecule has 0 spiro atoms. The number of nitrogens with one attached hydrogen (secondary N) is 2. The van der Waals surface area contributed by atoms with Crippen LogP contribution in [0.3, 0.4) is 0 Å². The van der Waals surface area contributed by atoms with Crippen LogP contribution < -0.4 is 10.6 Å². The number of carbonyl (C=O) groups is 4. The van der Waals surface area contributed by atoms with Gasteiger partial charge in [0.25, 0.3) is 11.8 Å². The van der Waals surface area contributed by atoms with Crippen molar-refractivity contribution in [3.63, 3.8) is 0 Å². The highest BCUT2D eigenvalue weighted by Crippen LogP contribution is 2.05. The van der Waals surface area contributed by atoms with Crippen LogP contribution in [0.5, 0.6) is 0 Å². The van der Waals surface area contributed by atoms with Crippen molar-refractivity contribution in [2.75, 3.05) is 13.1 Å². The number of hydrogen-bond donors (Lipinski definition) is 2. The van der Waals surface area contributed by atoms with Gasteiger partial charge in [0.1, 0.15) is 12.6 Å². The Hall–Kier alpha value is -2.18. The number of hydrogen-bond acceptors (Lipinski definition) is 4. The van der Waals surface area contributed by atoms with E-state index in [2.05, 4.69) is 10.6 Å². The van der Waals surface area contributed by atoms with E-state index in [1.807, 2.05) is 0 Å². The molecule has 1 aliphatic rings. The minimum Gasteiger partial charge on any atom is -0.355 e. The first kappa shape index (κ1) is 15.9. The molecule has 0 fully saturated rings. The molecule has 2 N–H and O–H groups in total. The molecule has 0 aliphatic carbocycles. The molecule has 7 heteroatoms. The van der Waals surface area contributed by atoms with E-state index in [-0.39, 0.29) is 21.2 Å². The average molecular weight is 285 g/mol. The molecule has 0 unspecified atom stereocenters. The second-order valence-electron chi connectivity index (χ2n) is 4.78. The van der Waals surface area contributed by atoms with Crippen LogP contribution in [0.2, 0.25) is 0 Å². The van der Waals surface area contributed by atoms with Gasteiger partial charge in [-0.3, -0.25) is 24.1 Å². The van der Waals surface area contributed by atoms with Crippen molar-refractivity contribution in [1.82, 2.24) is 15.5 Å². The molecule has 0 aromatic carbocycles.